The molecule has 0 spiro atoms. The summed E-state index contributed by atoms with van der Waals surface area (Å²) in [5.74, 6) is -0.103. The number of likely N-dealkylation sites (tertiary alicyclic amines) is 1. The Morgan fingerprint density at radius 2 is 2.00 bits per heavy atom. The number of aromatic nitrogens is 2. The highest BCUT2D eigenvalue weighted by Gasteiger charge is 2.31. The molecular formula is C31H32FN7O2. The number of hydrogen-bond acceptors (Lipinski definition) is 8. The molecule has 2 atom stereocenters. The molecule has 1 amide bonds. The van der Waals surface area contributed by atoms with Crippen molar-refractivity contribution in [3.63, 3.8) is 0 Å². The Bertz CT molecular complexity index is 1580. The molecule has 210 valence electrons. The van der Waals surface area contributed by atoms with Gasteiger partial charge in [0.15, 0.2) is 0 Å². The molecule has 2 fully saturated rings. The number of hydrogen-bond donors (Lipinski definition) is 0. The summed E-state index contributed by atoms with van der Waals surface area (Å²) in [5, 5.41) is 20.1. The third kappa shape index (κ3) is 5.70. The first kappa shape index (κ1) is 28.0. The van der Waals surface area contributed by atoms with Gasteiger partial charge in [0.1, 0.15) is 18.2 Å². The average molecular weight is 554 g/mol. The number of likely N-dealkylation sites (N-methyl/N-ethyl adjacent to an activating group) is 1. The van der Waals surface area contributed by atoms with Gasteiger partial charge in [0.05, 0.1) is 35.7 Å². The number of halogens is 1. The third-order valence-corrected chi connectivity index (χ3v) is 7.97. The van der Waals surface area contributed by atoms with Crippen molar-refractivity contribution in [1.82, 2.24) is 19.8 Å². The van der Waals surface area contributed by atoms with E-state index in [1.54, 1.807) is 29.2 Å². The van der Waals surface area contributed by atoms with Gasteiger partial charge in [0, 0.05) is 42.2 Å². The van der Waals surface area contributed by atoms with E-state index in [9.17, 15) is 19.7 Å². The molecule has 2 aliphatic heterocycles. The Kier molecular flexibility index (Phi) is 8.14. The summed E-state index contributed by atoms with van der Waals surface area (Å²) in [6, 6.07) is 12.7. The molecule has 2 aliphatic rings. The van der Waals surface area contributed by atoms with Crippen LogP contribution in [0.4, 0.5) is 10.2 Å². The standard InChI is InChI=1S/C31H32FN7O2/c1-4-29(40)39-13-12-38(18-22(39)9-10-33)30-26-15-21(17-34)24(25-14-20(2)7-8-27(25)32)16-28(26)35-31(36-30)41-19-23-6-5-11-37(23)3/h4,7-8,14-16,22-23H,1,5-6,9,11-13,18-19H2,2-3H3/t22-,23-/m0/s1. The number of carbonyl (C=O) groups is 1. The molecule has 0 unspecified atom stereocenters. The van der Waals surface area contributed by atoms with Crippen molar-refractivity contribution in [3.05, 3.63) is 59.9 Å². The molecule has 3 heterocycles. The van der Waals surface area contributed by atoms with Crippen molar-refractivity contribution in [3.8, 4) is 29.3 Å². The molecule has 3 aromatic rings. The average Bonchev–Trinajstić information content (AvgIpc) is 3.40. The lowest BCUT2D eigenvalue weighted by Gasteiger charge is -2.41. The Balaban J connectivity index is 1.61. The molecule has 2 aromatic carbocycles. The van der Waals surface area contributed by atoms with Gasteiger partial charge in [-0.05, 0) is 63.7 Å². The summed E-state index contributed by atoms with van der Waals surface area (Å²) in [6.07, 6.45) is 3.53. The van der Waals surface area contributed by atoms with Gasteiger partial charge in [0.25, 0.3) is 0 Å². The van der Waals surface area contributed by atoms with Crippen molar-refractivity contribution < 1.29 is 13.9 Å². The number of ether oxygens (including phenoxy) is 1. The molecule has 0 saturated carbocycles. The molecule has 41 heavy (non-hydrogen) atoms. The number of nitriles is 2. The van der Waals surface area contributed by atoms with Gasteiger partial charge in [-0.25, -0.2) is 4.39 Å². The van der Waals surface area contributed by atoms with E-state index in [1.807, 2.05) is 11.8 Å². The van der Waals surface area contributed by atoms with Crippen LogP contribution in [0.5, 0.6) is 6.01 Å². The predicted octanol–water partition coefficient (Wildman–Crippen LogP) is 4.21. The molecule has 0 N–H and O–H groups in total. The Morgan fingerprint density at radius 3 is 2.71 bits per heavy atom. The molecular weight excluding hydrogens is 521 g/mol. The van der Waals surface area contributed by atoms with Crippen LogP contribution in [0, 0.1) is 35.4 Å². The maximum absolute atomic E-state index is 15.0. The zero-order valence-electron chi connectivity index (χ0n) is 23.3. The van der Waals surface area contributed by atoms with Crippen molar-refractivity contribution in [2.75, 3.05) is 44.7 Å². The molecule has 0 radical (unpaired) electrons. The number of aryl methyl sites for hydroxylation is 1. The summed E-state index contributed by atoms with van der Waals surface area (Å²) in [7, 11) is 2.07. The summed E-state index contributed by atoms with van der Waals surface area (Å²) >= 11 is 0. The van der Waals surface area contributed by atoms with Gasteiger partial charge in [-0.2, -0.15) is 20.5 Å². The van der Waals surface area contributed by atoms with Crippen molar-refractivity contribution in [2.45, 2.75) is 38.3 Å². The van der Waals surface area contributed by atoms with Crippen molar-refractivity contribution >= 4 is 22.6 Å². The van der Waals surface area contributed by atoms with Gasteiger partial charge in [-0.3, -0.25) is 4.79 Å². The quantitative estimate of drug-likeness (QED) is 0.401. The number of carbonyl (C=O) groups excluding carboxylic acids is 1. The number of nitrogens with zero attached hydrogens (tertiary/aromatic N) is 7. The first-order valence-corrected chi connectivity index (χ1v) is 13.7. The van der Waals surface area contributed by atoms with Gasteiger partial charge in [0.2, 0.25) is 5.91 Å². The van der Waals surface area contributed by atoms with E-state index >= 15 is 0 Å². The number of anilines is 1. The molecule has 5 rings (SSSR count). The fourth-order valence-corrected chi connectivity index (χ4v) is 5.70. The van der Waals surface area contributed by atoms with Crippen LogP contribution in [0.1, 0.15) is 30.4 Å². The van der Waals surface area contributed by atoms with Gasteiger partial charge >= 0.3 is 6.01 Å². The van der Waals surface area contributed by atoms with Crippen LogP contribution in [0.2, 0.25) is 0 Å². The number of benzene rings is 2. The van der Waals surface area contributed by atoms with Crippen LogP contribution in [-0.4, -0.2) is 77.6 Å². The minimum absolute atomic E-state index is 0.150. The normalized spacial score (nSPS) is 19.1. The van der Waals surface area contributed by atoms with Crippen LogP contribution < -0.4 is 9.64 Å². The Morgan fingerprint density at radius 1 is 1.17 bits per heavy atom. The topological polar surface area (TPSA) is 109 Å². The molecule has 1 aromatic heterocycles. The van der Waals surface area contributed by atoms with E-state index in [2.05, 4.69) is 30.7 Å². The highest BCUT2D eigenvalue weighted by atomic mass is 19.1. The maximum Gasteiger partial charge on any atom is 0.319 e. The summed E-state index contributed by atoms with van der Waals surface area (Å²) < 4.78 is 21.1. The monoisotopic (exact) mass is 553 g/mol. The van der Waals surface area contributed by atoms with E-state index in [4.69, 9.17) is 14.7 Å². The van der Waals surface area contributed by atoms with Crippen LogP contribution in [0.15, 0.2) is 43.0 Å². The van der Waals surface area contributed by atoms with E-state index in [-0.39, 0.29) is 30.4 Å². The van der Waals surface area contributed by atoms with Crippen LogP contribution in [0.3, 0.4) is 0 Å². The van der Waals surface area contributed by atoms with Crippen molar-refractivity contribution in [2.24, 2.45) is 0 Å². The lowest BCUT2D eigenvalue weighted by molar-refractivity contribution is -0.128. The first-order valence-electron chi connectivity index (χ1n) is 13.7. The SMILES string of the molecule is C=CC(=O)N1CCN(c2nc(OC[C@@H]3CCCN3C)nc3cc(-c4cc(C)ccc4F)c(C#N)cc23)C[C@@H]1CC#N. The zero-order valence-corrected chi connectivity index (χ0v) is 23.3. The number of piperazine rings is 1. The maximum atomic E-state index is 15.0. The van der Waals surface area contributed by atoms with E-state index in [1.165, 1.54) is 12.1 Å². The highest BCUT2D eigenvalue weighted by molar-refractivity contribution is 5.95. The Hall–Kier alpha value is -4.54. The van der Waals surface area contributed by atoms with Crippen molar-refractivity contribution in [1.29, 1.82) is 10.5 Å². The summed E-state index contributed by atoms with van der Waals surface area (Å²) in [5.41, 5.74) is 2.44. The van der Waals surface area contributed by atoms with Gasteiger partial charge in [-0.15, -0.1) is 0 Å². The summed E-state index contributed by atoms with van der Waals surface area (Å²) in [4.78, 5) is 27.9. The van der Waals surface area contributed by atoms with Gasteiger partial charge in [-0.1, -0.05) is 18.2 Å². The molecule has 9 nitrogen and oxygen atoms in total. The molecule has 0 aliphatic carbocycles. The number of rotatable bonds is 7. The minimum atomic E-state index is -0.427. The van der Waals surface area contributed by atoms with E-state index in [0.29, 0.717) is 59.7 Å². The smallest absolute Gasteiger partial charge is 0.319 e. The zero-order chi connectivity index (χ0) is 29.1. The molecule has 2 saturated heterocycles. The van der Waals surface area contributed by atoms with E-state index < -0.39 is 5.82 Å². The second-order valence-corrected chi connectivity index (χ2v) is 10.6. The minimum Gasteiger partial charge on any atom is -0.462 e. The fourth-order valence-electron chi connectivity index (χ4n) is 5.70. The fraction of sp³-hybridized carbons (Fsp3) is 0.387. The lowest BCUT2D eigenvalue weighted by Crippen LogP contribution is -2.55. The second kappa shape index (κ2) is 11.9. The first-order chi connectivity index (χ1) is 19.8. The van der Waals surface area contributed by atoms with E-state index in [0.717, 1.165) is 24.9 Å². The largest absolute Gasteiger partial charge is 0.462 e. The highest BCUT2D eigenvalue weighted by Crippen LogP contribution is 2.35. The second-order valence-electron chi connectivity index (χ2n) is 10.6. The Labute approximate surface area is 239 Å². The van der Waals surface area contributed by atoms with Crippen LogP contribution in [-0.2, 0) is 4.79 Å². The predicted molar refractivity (Wildman–Crippen MR) is 154 cm³/mol. The third-order valence-electron chi connectivity index (χ3n) is 7.97. The molecule has 10 heteroatoms. The molecule has 0 bridgehead atoms. The lowest BCUT2D eigenvalue weighted by atomic mass is 9.96. The van der Waals surface area contributed by atoms with Crippen LogP contribution in [0.25, 0.3) is 22.0 Å². The number of fused-ring (bicyclic) bond motifs is 1. The van der Waals surface area contributed by atoms with Gasteiger partial charge < -0.3 is 19.4 Å². The summed E-state index contributed by atoms with van der Waals surface area (Å²) in [6.45, 7) is 8.10. The van der Waals surface area contributed by atoms with Crippen LogP contribution >= 0.6 is 0 Å². The number of amides is 1.